The summed E-state index contributed by atoms with van der Waals surface area (Å²) in [4.78, 5) is 0. The lowest BCUT2D eigenvalue weighted by atomic mass is 9.84. The predicted octanol–water partition coefficient (Wildman–Crippen LogP) is 2.26. The van der Waals surface area contributed by atoms with Crippen LogP contribution >= 0.6 is 0 Å². The molecule has 1 saturated carbocycles. The zero-order valence-corrected chi connectivity index (χ0v) is 12.6. The van der Waals surface area contributed by atoms with Crippen molar-refractivity contribution >= 4 is 0 Å². The molecule has 2 saturated heterocycles. The van der Waals surface area contributed by atoms with Gasteiger partial charge in [0, 0.05) is 32.4 Å². The highest BCUT2D eigenvalue weighted by Gasteiger charge is 2.38. The molecule has 1 N–H and O–H groups in total. The van der Waals surface area contributed by atoms with Crippen molar-refractivity contribution in [1.82, 2.24) is 5.32 Å². The lowest BCUT2D eigenvalue weighted by Crippen LogP contribution is -2.50. The molecule has 3 aliphatic rings. The molecule has 1 aliphatic carbocycles. The molecule has 3 rings (SSSR count). The van der Waals surface area contributed by atoms with Gasteiger partial charge in [0.1, 0.15) is 0 Å². The Hall–Kier alpha value is -0.160. The molecule has 0 aromatic rings. The van der Waals surface area contributed by atoms with E-state index in [9.17, 15) is 0 Å². The molecule has 4 nitrogen and oxygen atoms in total. The molecule has 1 unspecified atom stereocenters. The second-order valence-corrected chi connectivity index (χ2v) is 6.56. The Kier molecular flexibility index (Phi) is 5.32. The minimum Gasteiger partial charge on any atom is -0.381 e. The SMILES string of the molecule is C1CCC(OCCNC2CCOC3(CCOCC3)C2)C1. The van der Waals surface area contributed by atoms with E-state index >= 15 is 0 Å². The fourth-order valence-corrected chi connectivity index (χ4v) is 3.84. The summed E-state index contributed by atoms with van der Waals surface area (Å²) < 4.78 is 17.5. The van der Waals surface area contributed by atoms with Crippen molar-refractivity contribution in [1.29, 1.82) is 0 Å². The van der Waals surface area contributed by atoms with Gasteiger partial charge in [-0.1, -0.05) is 12.8 Å². The van der Waals surface area contributed by atoms with Crippen LogP contribution in [0, 0.1) is 0 Å². The van der Waals surface area contributed by atoms with Crippen LogP contribution in [0.5, 0.6) is 0 Å². The number of nitrogens with one attached hydrogen (secondary N) is 1. The van der Waals surface area contributed by atoms with Crippen LogP contribution in [0.1, 0.15) is 51.4 Å². The van der Waals surface area contributed by atoms with Crippen molar-refractivity contribution in [3.8, 4) is 0 Å². The molecule has 0 aromatic carbocycles. The lowest BCUT2D eigenvalue weighted by Gasteiger charge is -2.43. The fourth-order valence-electron chi connectivity index (χ4n) is 3.84. The molecule has 4 heteroatoms. The molecular weight excluding hydrogens is 254 g/mol. The van der Waals surface area contributed by atoms with Crippen molar-refractivity contribution in [3.05, 3.63) is 0 Å². The van der Waals surface area contributed by atoms with Gasteiger partial charge in [-0.2, -0.15) is 0 Å². The van der Waals surface area contributed by atoms with Gasteiger partial charge >= 0.3 is 0 Å². The molecule has 0 aromatic heterocycles. The first kappa shape index (κ1) is 14.8. The first-order chi connectivity index (χ1) is 9.86. The molecule has 0 radical (unpaired) electrons. The Morgan fingerprint density at radius 2 is 1.85 bits per heavy atom. The van der Waals surface area contributed by atoms with Gasteiger partial charge in [0.25, 0.3) is 0 Å². The topological polar surface area (TPSA) is 39.7 Å². The van der Waals surface area contributed by atoms with Gasteiger partial charge in [0.05, 0.1) is 18.3 Å². The van der Waals surface area contributed by atoms with E-state index in [1.165, 1.54) is 25.7 Å². The van der Waals surface area contributed by atoms with Gasteiger partial charge in [-0.05, 0) is 38.5 Å². The van der Waals surface area contributed by atoms with Gasteiger partial charge in [-0.3, -0.25) is 0 Å². The Bertz CT molecular complexity index is 280. The predicted molar refractivity (Wildman–Crippen MR) is 78.0 cm³/mol. The summed E-state index contributed by atoms with van der Waals surface area (Å²) in [5.74, 6) is 0. The smallest absolute Gasteiger partial charge is 0.0741 e. The van der Waals surface area contributed by atoms with E-state index in [2.05, 4.69) is 5.32 Å². The zero-order valence-electron chi connectivity index (χ0n) is 12.6. The number of rotatable bonds is 5. The molecule has 1 atom stereocenters. The Morgan fingerprint density at radius 1 is 1.05 bits per heavy atom. The Labute approximate surface area is 122 Å². The monoisotopic (exact) mass is 283 g/mol. The summed E-state index contributed by atoms with van der Waals surface area (Å²) in [5.41, 5.74) is 0.0977. The van der Waals surface area contributed by atoms with Crippen LogP contribution in [0.15, 0.2) is 0 Å². The zero-order chi connectivity index (χ0) is 13.7. The van der Waals surface area contributed by atoms with Gasteiger partial charge in [-0.15, -0.1) is 0 Å². The third-order valence-electron chi connectivity index (χ3n) is 5.09. The van der Waals surface area contributed by atoms with Crippen LogP contribution in [0.3, 0.4) is 0 Å². The van der Waals surface area contributed by atoms with Crippen LogP contribution in [0.2, 0.25) is 0 Å². The summed E-state index contributed by atoms with van der Waals surface area (Å²) in [6.45, 7) is 4.45. The second kappa shape index (κ2) is 7.21. The third-order valence-corrected chi connectivity index (χ3v) is 5.09. The molecule has 1 spiro atoms. The van der Waals surface area contributed by atoms with Crippen LogP contribution in [0.4, 0.5) is 0 Å². The van der Waals surface area contributed by atoms with E-state index in [0.717, 1.165) is 58.7 Å². The van der Waals surface area contributed by atoms with Gasteiger partial charge in [0.2, 0.25) is 0 Å². The number of ether oxygens (including phenoxy) is 3. The van der Waals surface area contributed by atoms with Crippen molar-refractivity contribution in [3.63, 3.8) is 0 Å². The summed E-state index contributed by atoms with van der Waals surface area (Å²) in [5, 5.41) is 3.67. The van der Waals surface area contributed by atoms with Crippen LogP contribution in [-0.2, 0) is 14.2 Å². The molecule has 0 bridgehead atoms. The highest BCUT2D eigenvalue weighted by atomic mass is 16.5. The van der Waals surface area contributed by atoms with Gasteiger partial charge in [0.15, 0.2) is 0 Å². The van der Waals surface area contributed by atoms with Gasteiger partial charge < -0.3 is 19.5 Å². The summed E-state index contributed by atoms with van der Waals surface area (Å²) in [6, 6.07) is 0.592. The molecule has 20 heavy (non-hydrogen) atoms. The number of hydrogen-bond acceptors (Lipinski definition) is 4. The van der Waals surface area contributed by atoms with Crippen molar-refractivity contribution in [2.45, 2.75) is 69.1 Å². The summed E-state index contributed by atoms with van der Waals surface area (Å²) >= 11 is 0. The average molecular weight is 283 g/mol. The standard InChI is InChI=1S/C16H29NO3/c1-2-4-15(3-1)19-12-8-17-14-5-9-20-16(13-14)6-10-18-11-7-16/h14-15,17H,1-13H2. The lowest BCUT2D eigenvalue weighted by molar-refractivity contribution is -0.140. The van der Waals surface area contributed by atoms with Crippen LogP contribution in [0.25, 0.3) is 0 Å². The minimum absolute atomic E-state index is 0.0977. The van der Waals surface area contributed by atoms with Crippen molar-refractivity contribution in [2.24, 2.45) is 0 Å². The first-order valence-corrected chi connectivity index (χ1v) is 8.43. The Morgan fingerprint density at radius 3 is 2.65 bits per heavy atom. The van der Waals surface area contributed by atoms with E-state index < -0.39 is 0 Å². The van der Waals surface area contributed by atoms with E-state index in [-0.39, 0.29) is 5.60 Å². The van der Waals surface area contributed by atoms with E-state index in [4.69, 9.17) is 14.2 Å². The molecule has 0 amide bonds. The third kappa shape index (κ3) is 3.94. The van der Waals surface area contributed by atoms with Crippen molar-refractivity contribution < 1.29 is 14.2 Å². The number of hydrogen-bond donors (Lipinski definition) is 1. The van der Waals surface area contributed by atoms with E-state index in [0.29, 0.717) is 12.1 Å². The largest absolute Gasteiger partial charge is 0.381 e. The maximum atomic E-state index is 6.07. The highest BCUT2D eigenvalue weighted by molar-refractivity contribution is 4.91. The normalized spacial score (nSPS) is 30.9. The maximum Gasteiger partial charge on any atom is 0.0741 e. The molecule has 2 aliphatic heterocycles. The highest BCUT2D eigenvalue weighted by Crippen LogP contribution is 2.34. The van der Waals surface area contributed by atoms with Gasteiger partial charge in [-0.25, -0.2) is 0 Å². The van der Waals surface area contributed by atoms with Crippen LogP contribution < -0.4 is 5.32 Å². The fraction of sp³-hybridized carbons (Fsp3) is 1.00. The molecule has 3 fully saturated rings. The van der Waals surface area contributed by atoms with Crippen molar-refractivity contribution in [2.75, 3.05) is 33.0 Å². The summed E-state index contributed by atoms with van der Waals surface area (Å²) in [6.07, 6.45) is 10.2. The first-order valence-electron chi connectivity index (χ1n) is 8.43. The van der Waals surface area contributed by atoms with Crippen LogP contribution in [-0.4, -0.2) is 50.7 Å². The maximum absolute atomic E-state index is 6.07. The van der Waals surface area contributed by atoms with E-state index in [1.54, 1.807) is 0 Å². The average Bonchev–Trinajstić information content (AvgIpc) is 2.98. The second-order valence-electron chi connectivity index (χ2n) is 6.56. The molecule has 2 heterocycles. The quantitative estimate of drug-likeness (QED) is 0.786. The molecule has 116 valence electrons. The molecular formula is C16H29NO3. The summed E-state index contributed by atoms with van der Waals surface area (Å²) in [7, 11) is 0. The van der Waals surface area contributed by atoms with E-state index in [1.807, 2.05) is 0 Å². The Balaban J connectivity index is 1.34. The minimum atomic E-state index is 0.0977.